The predicted molar refractivity (Wildman–Crippen MR) is 74.8 cm³/mol. The molecule has 1 aromatic carbocycles. The lowest BCUT2D eigenvalue weighted by molar-refractivity contribution is -0.153. The Kier molecular flexibility index (Phi) is 7.17. The fraction of sp³-hybridized carbons (Fsp3) is 0.533. The van der Waals surface area contributed by atoms with Crippen molar-refractivity contribution < 1.29 is 27.9 Å². The summed E-state index contributed by atoms with van der Waals surface area (Å²) in [5.41, 5.74) is 2.21. The number of hydroxylamine groups is 1. The highest BCUT2D eigenvalue weighted by molar-refractivity contribution is 5.74. The molecule has 0 bridgehead atoms. The molecule has 0 aliphatic rings. The average Bonchev–Trinajstić information content (AvgIpc) is 2.48. The van der Waals surface area contributed by atoms with Gasteiger partial charge < -0.3 is 4.74 Å². The summed E-state index contributed by atoms with van der Waals surface area (Å²) in [6, 6.07) is 6.54. The Balaban J connectivity index is 2.86. The van der Waals surface area contributed by atoms with Crippen molar-refractivity contribution in [2.45, 2.75) is 44.7 Å². The smallest absolute Gasteiger partial charge is 0.422 e. The number of para-hydroxylation sites is 1. The van der Waals surface area contributed by atoms with E-state index >= 15 is 0 Å². The van der Waals surface area contributed by atoms with Crippen LogP contribution in [0.25, 0.3) is 0 Å². The number of ether oxygens (including phenoxy) is 1. The van der Waals surface area contributed by atoms with Crippen molar-refractivity contribution in [3.05, 3.63) is 29.8 Å². The van der Waals surface area contributed by atoms with E-state index in [1.807, 2.05) is 6.92 Å². The summed E-state index contributed by atoms with van der Waals surface area (Å²) in [7, 11) is 0. The quantitative estimate of drug-likeness (QED) is 0.566. The molecule has 22 heavy (non-hydrogen) atoms. The molecule has 0 fully saturated rings. The van der Waals surface area contributed by atoms with Gasteiger partial charge in [0.25, 0.3) is 0 Å². The Labute approximate surface area is 127 Å². The summed E-state index contributed by atoms with van der Waals surface area (Å²) < 4.78 is 41.8. The van der Waals surface area contributed by atoms with Gasteiger partial charge in [0.15, 0.2) is 6.61 Å². The minimum absolute atomic E-state index is 0.0920. The molecule has 0 aliphatic heterocycles. The zero-order valence-electron chi connectivity index (χ0n) is 12.3. The number of rotatable bonds is 8. The zero-order chi connectivity index (χ0) is 16.6. The number of hydrogen-bond donors (Lipinski definition) is 2. The third kappa shape index (κ3) is 6.34. The van der Waals surface area contributed by atoms with Gasteiger partial charge in [0, 0.05) is 6.42 Å². The molecule has 0 aliphatic carbocycles. The van der Waals surface area contributed by atoms with Gasteiger partial charge in [-0.05, 0) is 30.4 Å². The zero-order valence-corrected chi connectivity index (χ0v) is 12.3. The molecular weight excluding hydrogens is 299 g/mol. The maximum atomic E-state index is 12.3. The van der Waals surface area contributed by atoms with Crippen LogP contribution in [0.15, 0.2) is 24.3 Å². The van der Waals surface area contributed by atoms with Crippen molar-refractivity contribution in [3.8, 4) is 5.75 Å². The Bertz CT molecular complexity index is 477. The first-order valence-electron chi connectivity index (χ1n) is 7.08. The summed E-state index contributed by atoms with van der Waals surface area (Å²) in [4.78, 5) is 11.2. The van der Waals surface area contributed by atoms with E-state index in [0.29, 0.717) is 18.4 Å². The van der Waals surface area contributed by atoms with Crippen LogP contribution < -0.4 is 10.2 Å². The highest BCUT2D eigenvalue weighted by atomic mass is 19.4. The first-order valence-corrected chi connectivity index (χ1v) is 7.08. The molecule has 1 aromatic rings. The third-order valence-electron chi connectivity index (χ3n) is 3.23. The number of alkyl halides is 3. The Morgan fingerprint density at radius 1 is 1.32 bits per heavy atom. The van der Waals surface area contributed by atoms with Gasteiger partial charge in [0.2, 0.25) is 5.91 Å². The number of hydrogen-bond acceptors (Lipinski definition) is 3. The van der Waals surface area contributed by atoms with Gasteiger partial charge in [-0.15, -0.1) is 0 Å². The summed E-state index contributed by atoms with van der Waals surface area (Å²) >= 11 is 0. The number of halogens is 3. The molecular formula is C15H20F3NO3. The van der Waals surface area contributed by atoms with E-state index in [9.17, 15) is 18.0 Å². The largest absolute Gasteiger partial charge is 0.484 e. The summed E-state index contributed by atoms with van der Waals surface area (Å²) in [6.07, 6.45) is -2.35. The van der Waals surface area contributed by atoms with Gasteiger partial charge in [-0.3, -0.25) is 10.0 Å². The molecule has 4 nitrogen and oxygen atoms in total. The fourth-order valence-corrected chi connectivity index (χ4v) is 2.27. The minimum atomic E-state index is -4.40. The van der Waals surface area contributed by atoms with Crippen molar-refractivity contribution in [1.29, 1.82) is 0 Å². The van der Waals surface area contributed by atoms with Crippen LogP contribution in [0.3, 0.4) is 0 Å². The second kappa shape index (κ2) is 8.63. The lowest BCUT2D eigenvalue weighted by Gasteiger charge is -2.20. The number of nitrogens with one attached hydrogen (secondary N) is 1. The molecule has 124 valence electrons. The SMILES string of the molecule is CCCC(CCC(=O)NO)c1ccccc1OCC(F)(F)F. The molecule has 1 atom stereocenters. The molecule has 0 saturated heterocycles. The van der Waals surface area contributed by atoms with Crippen LogP contribution in [0.2, 0.25) is 0 Å². The number of carbonyl (C=O) groups excluding carboxylic acids is 1. The van der Waals surface area contributed by atoms with Gasteiger partial charge >= 0.3 is 6.18 Å². The maximum absolute atomic E-state index is 12.3. The van der Waals surface area contributed by atoms with Crippen LogP contribution in [-0.2, 0) is 4.79 Å². The first kappa shape index (κ1) is 18.3. The number of carbonyl (C=O) groups is 1. The highest BCUT2D eigenvalue weighted by Crippen LogP contribution is 2.34. The Morgan fingerprint density at radius 3 is 2.59 bits per heavy atom. The van der Waals surface area contributed by atoms with Crippen molar-refractivity contribution in [2.75, 3.05) is 6.61 Å². The maximum Gasteiger partial charge on any atom is 0.422 e. The molecule has 0 radical (unpaired) electrons. The molecule has 1 amide bonds. The van der Waals surface area contributed by atoms with Crippen molar-refractivity contribution in [1.82, 2.24) is 5.48 Å². The molecule has 7 heteroatoms. The van der Waals surface area contributed by atoms with E-state index in [-0.39, 0.29) is 18.1 Å². The van der Waals surface area contributed by atoms with Crippen LogP contribution in [-0.4, -0.2) is 23.9 Å². The van der Waals surface area contributed by atoms with Crippen LogP contribution in [0.5, 0.6) is 5.75 Å². The first-order chi connectivity index (χ1) is 10.4. The topological polar surface area (TPSA) is 58.6 Å². The van der Waals surface area contributed by atoms with E-state index in [4.69, 9.17) is 9.94 Å². The molecule has 0 heterocycles. The Morgan fingerprint density at radius 2 is 2.00 bits per heavy atom. The van der Waals surface area contributed by atoms with Crippen LogP contribution in [0.4, 0.5) is 13.2 Å². The lowest BCUT2D eigenvalue weighted by Crippen LogP contribution is -2.21. The van der Waals surface area contributed by atoms with E-state index in [0.717, 1.165) is 6.42 Å². The highest BCUT2D eigenvalue weighted by Gasteiger charge is 2.29. The molecule has 1 rings (SSSR count). The summed E-state index contributed by atoms with van der Waals surface area (Å²) in [6.45, 7) is 0.609. The van der Waals surface area contributed by atoms with Gasteiger partial charge in [-0.1, -0.05) is 31.5 Å². The molecule has 0 spiro atoms. The predicted octanol–water partition coefficient (Wildman–Crippen LogP) is 3.80. The third-order valence-corrected chi connectivity index (χ3v) is 3.23. The van der Waals surface area contributed by atoms with Gasteiger partial charge in [0.05, 0.1) is 0 Å². The second-order valence-electron chi connectivity index (χ2n) is 5.00. The molecule has 1 unspecified atom stereocenters. The van der Waals surface area contributed by atoms with E-state index < -0.39 is 18.7 Å². The number of benzene rings is 1. The van der Waals surface area contributed by atoms with Crippen molar-refractivity contribution in [3.63, 3.8) is 0 Å². The molecule has 0 saturated carbocycles. The second-order valence-corrected chi connectivity index (χ2v) is 5.00. The van der Waals surface area contributed by atoms with Crippen LogP contribution in [0.1, 0.15) is 44.1 Å². The standard InChI is InChI=1S/C15H20F3NO3/c1-2-5-11(8-9-14(20)19-21)12-6-3-4-7-13(12)22-10-15(16,17)18/h3-4,6-7,11,21H,2,5,8-10H2,1H3,(H,19,20). The minimum Gasteiger partial charge on any atom is -0.484 e. The molecule has 2 N–H and O–H groups in total. The average molecular weight is 319 g/mol. The van der Waals surface area contributed by atoms with Crippen molar-refractivity contribution >= 4 is 5.91 Å². The molecule has 0 aromatic heterocycles. The fourth-order valence-electron chi connectivity index (χ4n) is 2.27. The van der Waals surface area contributed by atoms with Gasteiger partial charge in [0.1, 0.15) is 5.75 Å². The summed E-state index contributed by atoms with van der Waals surface area (Å²) in [5.74, 6) is -0.441. The van der Waals surface area contributed by atoms with Gasteiger partial charge in [-0.2, -0.15) is 13.2 Å². The number of amides is 1. The lowest BCUT2D eigenvalue weighted by atomic mass is 9.89. The summed E-state index contributed by atoms with van der Waals surface area (Å²) in [5, 5.41) is 8.53. The van der Waals surface area contributed by atoms with Crippen molar-refractivity contribution in [2.24, 2.45) is 0 Å². The van der Waals surface area contributed by atoms with Crippen LogP contribution >= 0.6 is 0 Å². The van der Waals surface area contributed by atoms with E-state index in [1.54, 1.807) is 23.7 Å². The normalized spacial score (nSPS) is 12.8. The van der Waals surface area contributed by atoms with Crippen LogP contribution in [0, 0.1) is 0 Å². The monoisotopic (exact) mass is 319 g/mol. The van der Waals surface area contributed by atoms with Gasteiger partial charge in [-0.25, -0.2) is 5.48 Å². The Hall–Kier alpha value is -1.76. The van der Waals surface area contributed by atoms with E-state index in [2.05, 4.69) is 0 Å². The van der Waals surface area contributed by atoms with E-state index in [1.165, 1.54) is 6.07 Å².